The molecular weight excluding hydrogens is 486 g/mol. The number of ether oxygens (including phenoxy) is 4. The second-order valence-electron chi connectivity index (χ2n) is 9.69. The van der Waals surface area contributed by atoms with Crippen LogP contribution >= 0.6 is 0 Å². The molecule has 0 amide bonds. The summed E-state index contributed by atoms with van der Waals surface area (Å²) in [4.78, 5) is 27.3. The van der Waals surface area contributed by atoms with Crippen LogP contribution in [0, 0.1) is 0 Å². The molecule has 1 aliphatic carbocycles. The van der Waals surface area contributed by atoms with Gasteiger partial charge in [0.25, 0.3) is 0 Å². The third kappa shape index (κ3) is 5.08. The van der Waals surface area contributed by atoms with Crippen LogP contribution in [0.2, 0.25) is 0 Å². The summed E-state index contributed by atoms with van der Waals surface area (Å²) in [6.07, 6.45) is 1.25. The van der Waals surface area contributed by atoms with E-state index in [9.17, 15) is 14.7 Å². The van der Waals surface area contributed by atoms with Crippen molar-refractivity contribution in [3.63, 3.8) is 0 Å². The maximum Gasteiger partial charge on any atom is 0.337 e. The van der Waals surface area contributed by atoms with E-state index in [-0.39, 0.29) is 35.7 Å². The third-order valence-corrected chi connectivity index (χ3v) is 7.35. The van der Waals surface area contributed by atoms with Gasteiger partial charge >= 0.3 is 5.97 Å². The topological polar surface area (TPSA) is 103 Å². The van der Waals surface area contributed by atoms with Crippen LogP contribution < -0.4 is 19.5 Å². The van der Waals surface area contributed by atoms with Crippen molar-refractivity contribution in [2.24, 2.45) is 0 Å². The molecule has 2 N–H and O–H groups in total. The number of allylic oxidation sites excluding steroid dienone is 3. The standard InChI is InChI=1S/C30H35NO7/c1-7-16(2)38-30(34)27-17(3)31-21-12-20(18-9-11-24(35-4)26(14-18)37-6)13-23(33)29(21)28(27)19-8-10-22(32)25(15-19)36-5/h8-11,14-16,20,28,31-32H,7,12-13H2,1-6H3/t16-,20-,28+/m0/s1. The SMILES string of the molecule is CC[C@H](C)OC(=O)C1=C(C)NC2=C(C(=O)C[C@@H](c3ccc(OC)c(OC)c3)C2)[C@@H]1c1ccc(O)c(OC)c1. The van der Waals surface area contributed by atoms with Gasteiger partial charge in [-0.05, 0) is 68.0 Å². The van der Waals surface area contributed by atoms with Crippen LogP contribution in [0.25, 0.3) is 0 Å². The molecule has 1 heterocycles. The summed E-state index contributed by atoms with van der Waals surface area (Å²) in [6, 6.07) is 10.6. The number of hydrogen-bond donors (Lipinski definition) is 2. The van der Waals surface area contributed by atoms with Gasteiger partial charge in [0.05, 0.1) is 33.0 Å². The average molecular weight is 522 g/mol. The molecule has 2 aromatic rings. The van der Waals surface area contributed by atoms with Crippen molar-refractivity contribution in [1.82, 2.24) is 5.32 Å². The number of aromatic hydroxyl groups is 1. The molecule has 8 heteroatoms. The summed E-state index contributed by atoms with van der Waals surface area (Å²) in [5.74, 6) is 0.211. The van der Waals surface area contributed by atoms with E-state index in [0.29, 0.717) is 46.7 Å². The Labute approximate surface area is 223 Å². The monoisotopic (exact) mass is 521 g/mol. The largest absolute Gasteiger partial charge is 0.504 e. The molecule has 2 aliphatic rings. The number of ketones is 1. The maximum absolute atomic E-state index is 13.8. The van der Waals surface area contributed by atoms with E-state index in [4.69, 9.17) is 18.9 Å². The first-order valence-corrected chi connectivity index (χ1v) is 12.8. The lowest BCUT2D eigenvalue weighted by Crippen LogP contribution is -2.36. The van der Waals surface area contributed by atoms with Crippen LogP contribution in [-0.2, 0) is 14.3 Å². The maximum atomic E-state index is 13.8. The second kappa shape index (κ2) is 11.2. The summed E-state index contributed by atoms with van der Waals surface area (Å²) in [5, 5.41) is 13.6. The fraction of sp³-hybridized carbons (Fsp3) is 0.400. The van der Waals surface area contributed by atoms with E-state index in [1.165, 1.54) is 13.2 Å². The minimum Gasteiger partial charge on any atom is -0.504 e. The summed E-state index contributed by atoms with van der Waals surface area (Å²) < 4.78 is 21.9. The first kappa shape index (κ1) is 27.1. The highest BCUT2D eigenvalue weighted by molar-refractivity contribution is 6.04. The van der Waals surface area contributed by atoms with Gasteiger partial charge in [-0.25, -0.2) is 4.79 Å². The number of benzene rings is 2. The van der Waals surface area contributed by atoms with E-state index >= 15 is 0 Å². The first-order chi connectivity index (χ1) is 18.2. The number of dihydropyridines is 1. The number of carbonyl (C=O) groups is 2. The lowest BCUT2D eigenvalue weighted by atomic mass is 9.71. The summed E-state index contributed by atoms with van der Waals surface area (Å²) in [5.41, 5.74) is 3.97. The van der Waals surface area contributed by atoms with E-state index in [0.717, 1.165) is 11.3 Å². The number of hydrogen-bond acceptors (Lipinski definition) is 8. The van der Waals surface area contributed by atoms with Crippen molar-refractivity contribution >= 4 is 11.8 Å². The van der Waals surface area contributed by atoms with E-state index < -0.39 is 11.9 Å². The van der Waals surface area contributed by atoms with Gasteiger partial charge in [0.1, 0.15) is 0 Å². The number of rotatable bonds is 8. The van der Waals surface area contributed by atoms with Crippen LogP contribution in [-0.4, -0.2) is 44.3 Å². The minimum absolute atomic E-state index is 0.0210. The van der Waals surface area contributed by atoms with Crippen molar-refractivity contribution in [1.29, 1.82) is 0 Å². The number of phenols is 1. The summed E-state index contributed by atoms with van der Waals surface area (Å²) >= 11 is 0. The van der Waals surface area contributed by atoms with Crippen molar-refractivity contribution < 1.29 is 33.6 Å². The van der Waals surface area contributed by atoms with Crippen LogP contribution in [0.5, 0.6) is 23.0 Å². The Balaban J connectivity index is 1.80. The second-order valence-corrected chi connectivity index (χ2v) is 9.69. The Morgan fingerprint density at radius 3 is 2.32 bits per heavy atom. The number of esters is 1. The fourth-order valence-electron chi connectivity index (χ4n) is 5.19. The predicted octanol–water partition coefficient (Wildman–Crippen LogP) is 5.12. The van der Waals surface area contributed by atoms with Gasteiger partial charge in [-0.3, -0.25) is 4.79 Å². The quantitative estimate of drug-likeness (QED) is 0.462. The minimum atomic E-state index is -0.656. The third-order valence-electron chi connectivity index (χ3n) is 7.35. The van der Waals surface area contributed by atoms with Crippen molar-refractivity contribution in [2.75, 3.05) is 21.3 Å². The smallest absolute Gasteiger partial charge is 0.337 e. The van der Waals surface area contributed by atoms with Gasteiger partial charge in [-0.1, -0.05) is 19.1 Å². The van der Waals surface area contributed by atoms with Crippen LogP contribution in [0.15, 0.2) is 58.9 Å². The van der Waals surface area contributed by atoms with Gasteiger partial charge in [-0.2, -0.15) is 0 Å². The molecule has 0 radical (unpaired) electrons. The Morgan fingerprint density at radius 2 is 1.66 bits per heavy atom. The molecule has 38 heavy (non-hydrogen) atoms. The molecule has 0 aromatic heterocycles. The molecule has 1 aliphatic heterocycles. The molecule has 0 saturated heterocycles. The lowest BCUT2D eigenvalue weighted by molar-refractivity contribution is -0.144. The molecule has 2 aromatic carbocycles. The molecule has 0 saturated carbocycles. The Bertz CT molecular complexity index is 1310. The Kier molecular flexibility index (Phi) is 7.99. The molecule has 0 bridgehead atoms. The molecule has 4 rings (SSSR count). The highest BCUT2D eigenvalue weighted by Crippen LogP contribution is 2.47. The molecule has 202 valence electrons. The zero-order chi connectivity index (χ0) is 27.6. The van der Waals surface area contributed by atoms with Crippen LogP contribution in [0.4, 0.5) is 0 Å². The van der Waals surface area contributed by atoms with Gasteiger partial charge in [0.15, 0.2) is 28.8 Å². The number of nitrogens with one attached hydrogen (secondary N) is 1. The molecule has 3 atom stereocenters. The van der Waals surface area contributed by atoms with E-state index in [1.54, 1.807) is 26.4 Å². The predicted molar refractivity (Wildman–Crippen MR) is 143 cm³/mol. The highest BCUT2D eigenvalue weighted by Gasteiger charge is 2.42. The van der Waals surface area contributed by atoms with Crippen molar-refractivity contribution in [3.05, 3.63) is 70.1 Å². The molecule has 0 fully saturated rings. The van der Waals surface area contributed by atoms with Gasteiger partial charge in [0, 0.05) is 29.3 Å². The Morgan fingerprint density at radius 1 is 1.00 bits per heavy atom. The first-order valence-electron chi connectivity index (χ1n) is 12.8. The number of Topliss-reactive ketones (excluding diaryl/α,β-unsaturated/α-hetero) is 1. The average Bonchev–Trinajstić information content (AvgIpc) is 2.91. The molecule has 0 spiro atoms. The zero-order valence-corrected chi connectivity index (χ0v) is 22.7. The van der Waals surface area contributed by atoms with Crippen LogP contribution in [0.3, 0.4) is 0 Å². The van der Waals surface area contributed by atoms with Crippen LogP contribution in [0.1, 0.15) is 63.0 Å². The number of carbonyl (C=O) groups excluding carboxylic acids is 2. The molecule has 0 unspecified atom stereocenters. The van der Waals surface area contributed by atoms with Gasteiger partial charge in [0.2, 0.25) is 0 Å². The number of phenolic OH excluding ortho intramolecular Hbond substituents is 1. The zero-order valence-electron chi connectivity index (χ0n) is 22.7. The Hall–Kier alpha value is -3.94. The molecular formula is C30H35NO7. The van der Waals surface area contributed by atoms with E-state index in [1.807, 2.05) is 39.0 Å². The van der Waals surface area contributed by atoms with Crippen molar-refractivity contribution in [2.45, 2.75) is 58.0 Å². The van der Waals surface area contributed by atoms with Gasteiger partial charge in [-0.15, -0.1) is 0 Å². The molecule has 8 nitrogen and oxygen atoms in total. The summed E-state index contributed by atoms with van der Waals surface area (Å²) in [6.45, 7) is 5.61. The summed E-state index contributed by atoms with van der Waals surface area (Å²) in [7, 11) is 4.63. The number of methoxy groups -OCH3 is 3. The normalized spacial score (nSPS) is 19.9. The van der Waals surface area contributed by atoms with Gasteiger partial charge < -0.3 is 29.4 Å². The fourth-order valence-corrected chi connectivity index (χ4v) is 5.19. The van der Waals surface area contributed by atoms with Crippen molar-refractivity contribution in [3.8, 4) is 23.0 Å². The highest BCUT2D eigenvalue weighted by atomic mass is 16.5. The lowest BCUT2D eigenvalue weighted by Gasteiger charge is -2.37. The van der Waals surface area contributed by atoms with E-state index in [2.05, 4.69) is 5.32 Å².